The molecule has 0 radical (unpaired) electrons. The van der Waals surface area contributed by atoms with Crippen LogP contribution in [0.4, 0.5) is 0 Å². The predicted molar refractivity (Wildman–Crippen MR) is 137 cm³/mol. The van der Waals surface area contributed by atoms with Gasteiger partial charge in [0.05, 0.1) is 36.2 Å². The van der Waals surface area contributed by atoms with Crippen molar-refractivity contribution < 1.29 is 28.8 Å². The lowest BCUT2D eigenvalue weighted by atomic mass is 9.81. The number of aromatic nitrogens is 2. The summed E-state index contributed by atoms with van der Waals surface area (Å²) < 4.78 is 18.0. The molecule has 3 N–H and O–H groups in total. The molecule has 0 aliphatic carbocycles. The summed E-state index contributed by atoms with van der Waals surface area (Å²) in [7, 11) is -3.04. The molecule has 2 heterocycles. The van der Waals surface area contributed by atoms with Gasteiger partial charge in [-0.2, -0.15) is 5.10 Å². The molecular weight excluding hydrogens is 528 g/mol. The fraction of sp³-hybridized carbons (Fsp3) is 0.417. The molecule has 0 saturated heterocycles. The van der Waals surface area contributed by atoms with Gasteiger partial charge in [-0.1, -0.05) is 41.4 Å². The Morgan fingerprint density at radius 2 is 1.94 bits per heavy atom. The third-order valence-electron chi connectivity index (χ3n) is 6.65. The highest BCUT2D eigenvalue weighted by molar-refractivity contribution is 7.46. The Hall–Kier alpha value is -1.97. The summed E-state index contributed by atoms with van der Waals surface area (Å²) >= 11 is 12.9. The number of hydrogen-bond donors (Lipinski definition) is 3. The number of carbonyl (C=O) groups is 1. The summed E-state index contributed by atoms with van der Waals surface area (Å²) in [6, 6.07) is 7.83. The van der Waals surface area contributed by atoms with Crippen LogP contribution in [-0.4, -0.2) is 48.1 Å². The molecule has 0 fully saturated rings. The van der Waals surface area contributed by atoms with Gasteiger partial charge in [-0.3, -0.25) is 14.0 Å². The molecule has 1 aliphatic heterocycles. The molecule has 1 aliphatic rings. The van der Waals surface area contributed by atoms with Crippen LogP contribution in [0.5, 0.6) is 0 Å². The SMILES string of the molecule is C[C@H]1c2cccc(C(C)(C)O)c2C[C@H](COP(=O)(O)O)N1C(=O)Cc1c(Cl)ccc2c1c(Cl)nn2C. The number of aryl methyl sites for hydroxylation is 1. The van der Waals surface area contributed by atoms with Crippen molar-refractivity contribution in [3.63, 3.8) is 0 Å². The second-order valence-corrected chi connectivity index (χ2v) is 11.6. The van der Waals surface area contributed by atoms with Crippen molar-refractivity contribution >= 4 is 47.8 Å². The number of phosphoric ester groups is 1. The Bertz CT molecular complexity index is 1380. The minimum atomic E-state index is -4.79. The van der Waals surface area contributed by atoms with Gasteiger partial charge in [-0.15, -0.1) is 0 Å². The minimum Gasteiger partial charge on any atom is -0.386 e. The van der Waals surface area contributed by atoms with Crippen LogP contribution in [-0.2, 0) is 39.4 Å². The summed E-state index contributed by atoms with van der Waals surface area (Å²) in [6.07, 6.45) is 0.149. The molecule has 1 amide bonds. The number of phosphoric acid groups is 1. The zero-order chi connectivity index (χ0) is 26.6. The highest BCUT2D eigenvalue weighted by atomic mass is 35.5. The van der Waals surface area contributed by atoms with Crippen molar-refractivity contribution in [2.75, 3.05) is 6.61 Å². The van der Waals surface area contributed by atoms with Crippen LogP contribution in [0.15, 0.2) is 30.3 Å². The summed E-state index contributed by atoms with van der Waals surface area (Å²) in [5.74, 6) is -0.310. The van der Waals surface area contributed by atoms with Crippen molar-refractivity contribution in [1.82, 2.24) is 14.7 Å². The number of aliphatic hydroxyl groups is 1. The fourth-order valence-electron chi connectivity index (χ4n) is 5.10. The Balaban J connectivity index is 1.77. The number of benzene rings is 2. The Labute approximate surface area is 218 Å². The smallest absolute Gasteiger partial charge is 0.386 e. The Morgan fingerprint density at radius 3 is 2.58 bits per heavy atom. The average molecular weight is 556 g/mol. The molecule has 4 rings (SSSR count). The molecule has 0 bridgehead atoms. The van der Waals surface area contributed by atoms with Gasteiger partial charge >= 0.3 is 7.82 Å². The van der Waals surface area contributed by atoms with Crippen molar-refractivity contribution in [3.8, 4) is 0 Å². The van der Waals surface area contributed by atoms with Gasteiger partial charge in [0.2, 0.25) is 5.91 Å². The van der Waals surface area contributed by atoms with E-state index >= 15 is 0 Å². The molecular formula is C24H28Cl2N3O6P. The van der Waals surface area contributed by atoms with Gasteiger partial charge in [0.15, 0.2) is 5.15 Å². The van der Waals surface area contributed by atoms with E-state index in [0.717, 1.165) is 16.6 Å². The van der Waals surface area contributed by atoms with E-state index < -0.39 is 25.5 Å². The lowest BCUT2D eigenvalue weighted by Gasteiger charge is -2.43. The molecule has 194 valence electrons. The topological polar surface area (TPSA) is 125 Å². The molecule has 2 aromatic carbocycles. The lowest BCUT2D eigenvalue weighted by Crippen LogP contribution is -2.49. The van der Waals surface area contributed by atoms with Crippen LogP contribution in [0.2, 0.25) is 10.2 Å². The second kappa shape index (κ2) is 9.72. The molecule has 2 atom stereocenters. The number of rotatable bonds is 6. The number of amides is 1. The van der Waals surface area contributed by atoms with Crippen LogP contribution >= 0.6 is 31.0 Å². The van der Waals surface area contributed by atoms with Gasteiger partial charge in [-0.05, 0) is 61.6 Å². The van der Waals surface area contributed by atoms with E-state index in [4.69, 9.17) is 27.7 Å². The summed E-state index contributed by atoms with van der Waals surface area (Å²) in [5.41, 5.74) is 2.47. The maximum Gasteiger partial charge on any atom is 0.469 e. The first-order valence-electron chi connectivity index (χ1n) is 11.3. The van der Waals surface area contributed by atoms with Crippen molar-refractivity contribution in [1.29, 1.82) is 0 Å². The lowest BCUT2D eigenvalue weighted by molar-refractivity contribution is -0.137. The summed E-state index contributed by atoms with van der Waals surface area (Å²) in [5, 5.41) is 16.1. The van der Waals surface area contributed by atoms with Crippen LogP contribution in [0.1, 0.15) is 49.1 Å². The summed E-state index contributed by atoms with van der Waals surface area (Å²) in [6.45, 7) is 4.80. The van der Waals surface area contributed by atoms with E-state index in [1.54, 1.807) is 42.6 Å². The standard InChI is InChI=1S/C24H28Cl2N3O6P/c1-13-15-6-5-7-18(24(2,3)31)16(15)10-14(12-35-36(32,33)34)29(13)21(30)11-17-19(25)8-9-20-22(17)23(26)27-28(20)4/h5-9,13-14,31H,10-12H2,1-4H3,(H2,32,33,34)/t13-,14+/m0/s1. The first-order chi connectivity index (χ1) is 16.7. The van der Waals surface area contributed by atoms with E-state index in [1.807, 2.05) is 25.1 Å². The van der Waals surface area contributed by atoms with Crippen molar-refractivity contribution in [2.45, 2.75) is 51.3 Å². The Kier molecular flexibility index (Phi) is 7.31. The van der Waals surface area contributed by atoms with Gasteiger partial charge in [-0.25, -0.2) is 4.57 Å². The quantitative estimate of drug-likeness (QED) is 0.388. The normalized spacial score (nSPS) is 18.5. The first-order valence-corrected chi connectivity index (χ1v) is 13.6. The maximum absolute atomic E-state index is 13.8. The molecule has 1 aromatic heterocycles. The number of nitrogens with zero attached hydrogens (tertiary/aromatic N) is 3. The zero-order valence-corrected chi connectivity index (χ0v) is 22.7. The third-order valence-corrected chi connectivity index (χ3v) is 7.75. The second-order valence-electron chi connectivity index (χ2n) is 9.56. The molecule has 12 heteroatoms. The van der Waals surface area contributed by atoms with E-state index in [9.17, 15) is 24.3 Å². The minimum absolute atomic E-state index is 0.0984. The highest BCUT2D eigenvalue weighted by Crippen LogP contribution is 2.42. The molecule has 3 aromatic rings. The largest absolute Gasteiger partial charge is 0.469 e. The molecule has 0 spiro atoms. The molecule has 0 unspecified atom stereocenters. The van der Waals surface area contributed by atoms with Gasteiger partial charge < -0.3 is 19.8 Å². The zero-order valence-electron chi connectivity index (χ0n) is 20.3. The van der Waals surface area contributed by atoms with Crippen LogP contribution in [0.3, 0.4) is 0 Å². The predicted octanol–water partition coefficient (Wildman–Crippen LogP) is 4.27. The average Bonchev–Trinajstić information content (AvgIpc) is 3.06. The van der Waals surface area contributed by atoms with Crippen LogP contribution in [0, 0.1) is 0 Å². The maximum atomic E-state index is 13.8. The van der Waals surface area contributed by atoms with E-state index in [1.165, 1.54) is 0 Å². The van der Waals surface area contributed by atoms with E-state index in [-0.39, 0.29) is 30.5 Å². The van der Waals surface area contributed by atoms with Gasteiger partial charge in [0.1, 0.15) is 0 Å². The molecule has 36 heavy (non-hydrogen) atoms. The van der Waals surface area contributed by atoms with Crippen LogP contribution < -0.4 is 0 Å². The van der Waals surface area contributed by atoms with Crippen LogP contribution in [0.25, 0.3) is 10.9 Å². The highest BCUT2D eigenvalue weighted by Gasteiger charge is 2.39. The third kappa shape index (κ3) is 5.20. The van der Waals surface area contributed by atoms with Gasteiger partial charge in [0, 0.05) is 17.5 Å². The Morgan fingerprint density at radius 1 is 1.25 bits per heavy atom. The van der Waals surface area contributed by atoms with Crippen molar-refractivity contribution in [2.24, 2.45) is 7.05 Å². The van der Waals surface area contributed by atoms with E-state index in [0.29, 0.717) is 21.5 Å². The summed E-state index contributed by atoms with van der Waals surface area (Å²) in [4.78, 5) is 34.1. The number of halogens is 2. The number of fused-ring (bicyclic) bond motifs is 2. The van der Waals surface area contributed by atoms with E-state index in [2.05, 4.69) is 5.10 Å². The first kappa shape index (κ1) is 27.1. The molecule has 9 nitrogen and oxygen atoms in total. The monoisotopic (exact) mass is 555 g/mol. The van der Waals surface area contributed by atoms with Crippen molar-refractivity contribution in [3.05, 3.63) is 62.8 Å². The molecule has 0 saturated carbocycles. The fourth-order valence-corrected chi connectivity index (χ4v) is 6.01. The number of carbonyl (C=O) groups excluding carboxylic acids is 1. The van der Waals surface area contributed by atoms with Gasteiger partial charge in [0.25, 0.3) is 0 Å². The number of hydrogen-bond acceptors (Lipinski definition) is 5.